The molecule has 0 aliphatic heterocycles. The Morgan fingerprint density at radius 2 is 1.48 bits per heavy atom. The van der Waals surface area contributed by atoms with E-state index in [0.717, 1.165) is 26.8 Å². The van der Waals surface area contributed by atoms with Crippen molar-refractivity contribution in [2.24, 2.45) is 0 Å². The third-order valence-corrected chi connectivity index (χ3v) is 9.43. The summed E-state index contributed by atoms with van der Waals surface area (Å²) in [6.45, 7) is 1.97. The van der Waals surface area contributed by atoms with Crippen LogP contribution in [0.2, 0.25) is 0 Å². The number of carbonyl (C=O) groups is 3. The van der Waals surface area contributed by atoms with Crippen molar-refractivity contribution in [3.63, 3.8) is 0 Å². The van der Waals surface area contributed by atoms with Gasteiger partial charge in [-0.3, -0.25) is 9.59 Å². The van der Waals surface area contributed by atoms with E-state index in [1.54, 1.807) is 6.92 Å². The van der Waals surface area contributed by atoms with E-state index in [1.807, 2.05) is 133 Å². The van der Waals surface area contributed by atoms with Crippen LogP contribution in [0.25, 0.3) is 21.9 Å². The summed E-state index contributed by atoms with van der Waals surface area (Å²) in [6, 6.07) is 40.0. The molecule has 2 amide bonds. The Bertz CT molecular complexity index is 2010. The van der Waals surface area contributed by atoms with Crippen LogP contribution < -0.4 is 10.6 Å². The molecule has 228 valence electrons. The molecule has 6 aromatic rings. The van der Waals surface area contributed by atoms with E-state index in [4.69, 9.17) is 4.74 Å². The van der Waals surface area contributed by atoms with Crippen LogP contribution in [-0.2, 0) is 9.53 Å². The zero-order valence-corrected chi connectivity index (χ0v) is 26.6. The molecule has 8 heteroatoms. The van der Waals surface area contributed by atoms with Gasteiger partial charge in [-0.2, -0.15) is 0 Å². The number of rotatable bonds is 10. The van der Waals surface area contributed by atoms with Gasteiger partial charge in [0.15, 0.2) is 0 Å². The molecule has 0 aliphatic rings. The summed E-state index contributed by atoms with van der Waals surface area (Å²) < 4.78 is 5.39. The number of amides is 2. The van der Waals surface area contributed by atoms with Crippen molar-refractivity contribution in [2.45, 2.75) is 17.1 Å². The highest BCUT2D eigenvalue weighted by molar-refractivity contribution is 8.00. The average molecular weight is 643 g/mol. The topological polar surface area (TPSA) is 84.5 Å². The zero-order chi connectivity index (χ0) is 31.9. The summed E-state index contributed by atoms with van der Waals surface area (Å²) in [5.41, 5.74) is 3.87. The van der Waals surface area contributed by atoms with E-state index in [1.165, 1.54) is 23.1 Å². The number of fused-ring (bicyclic) bond motifs is 1. The zero-order valence-electron chi connectivity index (χ0n) is 24.9. The van der Waals surface area contributed by atoms with Crippen LogP contribution in [0, 0.1) is 0 Å². The minimum atomic E-state index is -0.648. The predicted octanol–water partition coefficient (Wildman–Crippen LogP) is 9.47. The van der Waals surface area contributed by atoms with Crippen LogP contribution >= 0.6 is 23.1 Å². The molecule has 1 aromatic heterocycles. The minimum Gasteiger partial charge on any atom is -0.462 e. The highest BCUT2D eigenvalue weighted by Gasteiger charge is 2.27. The molecule has 6 rings (SSSR count). The first-order valence-corrected chi connectivity index (χ1v) is 16.5. The number of hydrogen-bond acceptors (Lipinski definition) is 6. The smallest absolute Gasteiger partial charge is 0.341 e. The number of thiophene rings is 1. The van der Waals surface area contributed by atoms with E-state index in [9.17, 15) is 14.4 Å². The number of ether oxygens (including phenoxy) is 1. The van der Waals surface area contributed by atoms with Crippen molar-refractivity contribution in [3.8, 4) is 11.1 Å². The largest absolute Gasteiger partial charge is 0.462 e. The number of carbonyl (C=O) groups excluding carboxylic acids is 3. The summed E-state index contributed by atoms with van der Waals surface area (Å²) in [5, 5.41) is 9.73. The molecule has 0 aliphatic carbocycles. The van der Waals surface area contributed by atoms with Gasteiger partial charge in [-0.15, -0.1) is 23.1 Å². The van der Waals surface area contributed by atoms with Gasteiger partial charge in [-0.05, 0) is 59.2 Å². The highest BCUT2D eigenvalue weighted by Crippen LogP contribution is 2.40. The first kappa shape index (κ1) is 30.8. The van der Waals surface area contributed by atoms with Crippen LogP contribution in [0.3, 0.4) is 0 Å². The SMILES string of the molecule is CCOC(=O)c1c(-c2ccccc2)csc1NC(=O)C(Sc1cccc(NC(=O)c2ccc3ccccc3c2)c1)c1ccccc1. The van der Waals surface area contributed by atoms with Crippen molar-refractivity contribution in [3.05, 3.63) is 149 Å². The second kappa shape index (κ2) is 14.3. The Hall–Kier alpha value is -5.18. The molecule has 0 saturated heterocycles. The Labute approximate surface area is 275 Å². The molecule has 0 fully saturated rings. The summed E-state index contributed by atoms with van der Waals surface area (Å²) in [6.07, 6.45) is 0. The standard InChI is InChI=1S/C38H30N2O4S2/c1-2-44-38(43)33-32(26-13-5-3-6-14-26)24-45-37(33)40-36(42)34(27-15-7-4-8-16-27)46-31-19-11-18-30(23-31)39-35(41)29-21-20-25-12-9-10-17-28(25)22-29/h3-24,34H,2H2,1H3,(H,39,41)(H,40,42). The van der Waals surface area contributed by atoms with Gasteiger partial charge in [0.1, 0.15) is 15.8 Å². The lowest BCUT2D eigenvalue weighted by Gasteiger charge is -2.18. The van der Waals surface area contributed by atoms with Gasteiger partial charge < -0.3 is 15.4 Å². The van der Waals surface area contributed by atoms with E-state index < -0.39 is 11.2 Å². The second-order valence-electron chi connectivity index (χ2n) is 10.4. The summed E-state index contributed by atoms with van der Waals surface area (Å²) >= 11 is 2.65. The third kappa shape index (κ3) is 7.04. The molecule has 1 heterocycles. The molecule has 1 unspecified atom stereocenters. The maximum Gasteiger partial charge on any atom is 0.341 e. The fourth-order valence-corrected chi connectivity index (χ4v) is 7.13. The summed E-state index contributed by atoms with van der Waals surface area (Å²) in [7, 11) is 0. The van der Waals surface area contributed by atoms with E-state index >= 15 is 0 Å². The van der Waals surface area contributed by atoms with Gasteiger partial charge in [0, 0.05) is 27.1 Å². The summed E-state index contributed by atoms with van der Waals surface area (Å²) in [4.78, 5) is 41.1. The molecule has 2 N–H and O–H groups in total. The Kier molecular flexibility index (Phi) is 9.57. The maximum absolute atomic E-state index is 14.0. The first-order valence-electron chi connectivity index (χ1n) is 14.8. The Balaban J connectivity index is 1.25. The van der Waals surface area contributed by atoms with Gasteiger partial charge in [0.2, 0.25) is 5.91 Å². The molecule has 0 saturated carbocycles. The normalized spacial score (nSPS) is 11.5. The fraction of sp³-hybridized carbons (Fsp3) is 0.0789. The number of thioether (sulfide) groups is 1. The Morgan fingerprint density at radius 3 is 2.24 bits per heavy atom. The Morgan fingerprint density at radius 1 is 0.761 bits per heavy atom. The number of benzene rings is 5. The predicted molar refractivity (Wildman–Crippen MR) is 188 cm³/mol. The molecule has 1 atom stereocenters. The number of esters is 1. The number of hydrogen-bond donors (Lipinski definition) is 2. The van der Waals surface area contributed by atoms with Crippen LogP contribution in [0.5, 0.6) is 0 Å². The van der Waals surface area contributed by atoms with Crippen molar-refractivity contribution in [1.29, 1.82) is 0 Å². The molecular weight excluding hydrogens is 613 g/mol. The molecule has 46 heavy (non-hydrogen) atoms. The average Bonchev–Trinajstić information content (AvgIpc) is 3.51. The lowest BCUT2D eigenvalue weighted by Crippen LogP contribution is -2.20. The van der Waals surface area contributed by atoms with Crippen LogP contribution in [-0.4, -0.2) is 24.4 Å². The van der Waals surface area contributed by atoms with Crippen molar-refractivity contribution in [1.82, 2.24) is 0 Å². The van der Waals surface area contributed by atoms with E-state index in [-0.39, 0.29) is 18.4 Å². The van der Waals surface area contributed by atoms with Crippen LogP contribution in [0.1, 0.15) is 38.5 Å². The molecular formula is C38H30N2O4S2. The van der Waals surface area contributed by atoms with Crippen molar-refractivity contribution >= 4 is 62.3 Å². The van der Waals surface area contributed by atoms with Crippen LogP contribution in [0.15, 0.2) is 138 Å². The van der Waals surface area contributed by atoms with Gasteiger partial charge in [0.25, 0.3) is 5.91 Å². The molecule has 0 bridgehead atoms. The number of anilines is 2. The van der Waals surface area contributed by atoms with Gasteiger partial charge >= 0.3 is 5.97 Å². The van der Waals surface area contributed by atoms with Gasteiger partial charge in [-0.25, -0.2) is 4.79 Å². The molecule has 6 nitrogen and oxygen atoms in total. The van der Waals surface area contributed by atoms with Crippen molar-refractivity contribution < 1.29 is 19.1 Å². The highest BCUT2D eigenvalue weighted by atomic mass is 32.2. The van der Waals surface area contributed by atoms with E-state index in [0.29, 0.717) is 27.4 Å². The number of nitrogens with one attached hydrogen (secondary N) is 2. The monoisotopic (exact) mass is 642 g/mol. The molecule has 0 spiro atoms. The maximum atomic E-state index is 14.0. The van der Waals surface area contributed by atoms with Gasteiger partial charge in [-0.1, -0.05) is 97.1 Å². The lowest BCUT2D eigenvalue weighted by atomic mass is 10.0. The quantitative estimate of drug-likeness (QED) is 0.115. The lowest BCUT2D eigenvalue weighted by molar-refractivity contribution is -0.115. The summed E-state index contributed by atoms with van der Waals surface area (Å²) in [5.74, 6) is -0.992. The third-order valence-electron chi connectivity index (χ3n) is 7.29. The van der Waals surface area contributed by atoms with Crippen LogP contribution in [0.4, 0.5) is 10.7 Å². The fourth-order valence-electron chi connectivity index (χ4n) is 5.08. The van der Waals surface area contributed by atoms with E-state index in [2.05, 4.69) is 10.6 Å². The minimum absolute atomic E-state index is 0.215. The molecule has 0 radical (unpaired) electrons. The van der Waals surface area contributed by atoms with Gasteiger partial charge in [0.05, 0.1) is 6.61 Å². The second-order valence-corrected chi connectivity index (χ2v) is 12.4. The van der Waals surface area contributed by atoms with Crippen molar-refractivity contribution in [2.75, 3.05) is 17.2 Å². The molecule has 5 aromatic carbocycles. The first-order chi connectivity index (χ1) is 22.5.